The van der Waals surface area contributed by atoms with Gasteiger partial charge in [-0.05, 0) is 161 Å². The number of esters is 8. The molecule has 102 heavy (non-hydrogen) atoms. The van der Waals surface area contributed by atoms with Gasteiger partial charge in [0.1, 0.15) is 49.4 Å². The lowest BCUT2D eigenvalue weighted by Crippen LogP contribution is -2.32. The maximum absolute atomic E-state index is 13.4. The van der Waals surface area contributed by atoms with Crippen LogP contribution in [0.5, 0.6) is 23.0 Å². The van der Waals surface area contributed by atoms with Crippen molar-refractivity contribution >= 4 is 47.8 Å². The standard InChI is InChI=1S/C78H82N4O20/c1-39-59(71(83)91-9)67(60(40(2)79-39)72(84)92-10)47-17-25-55(26-18-47)99-35-51-33-53(37-101-57-29-21-49(22-30-57)69-63(75(87)95-13)43(5)81-44(6)64(69)76(88)96-14)54(38-102-58-31-23-50(24-32-58)70-65(77(89)97-15)45(7)82-46(8)66(70)78(90)98-16)34-52(51)36-100-56-27-19-48(20-28-56)68-61(73(85)93-11)41(3)80-42(4)62(68)74(86)94-12/h17-34,67-70,79-82H,35-38H2,1-16H3. The molecule has 24 nitrogen and oxygen atoms in total. The number of benzene rings is 5. The summed E-state index contributed by atoms with van der Waals surface area (Å²) in [7, 11) is 10.1. The Morgan fingerprint density at radius 1 is 0.245 bits per heavy atom. The van der Waals surface area contributed by atoms with Crippen LogP contribution in [0.3, 0.4) is 0 Å². The monoisotopic (exact) mass is 1390 g/mol. The van der Waals surface area contributed by atoms with Crippen LogP contribution >= 0.6 is 0 Å². The zero-order valence-corrected chi connectivity index (χ0v) is 59.7. The molecular weight excluding hydrogens is 1310 g/mol. The molecule has 0 bridgehead atoms. The van der Waals surface area contributed by atoms with Gasteiger partial charge in [0.25, 0.3) is 0 Å². The molecule has 0 amide bonds. The molecule has 5 aromatic rings. The number of carbonyl (C=O) groups excluding carboxylic acids is 8. The topological polar surface area (TPSA) is 295 Å². The summed E-state index contributed by atoms with van der Waals surface area (Å²) < 4.78 is 68.1. The van der Waals surface area contributed by atoms with E-state index in [1.54, 1.807) is 152 Å². The largest absolute Gasteiger partial charge is 0.489 e. The van der Waals surface area contributed by atoms with Crippen LogP contribution in [0, 0.1) is 0 Å². The Kier molecular flexibility index (Phi) is 23.7. The van der Waals surface area contributed by atoms with Crippen molar-refractivity contribution in [3.8, 4) is 23.0 Å². The molecule has 0 fully saturated rings. The van der Waals surface area contributed by atoms with Gasteiger partial charge in [-0.15, -0.1) is 0 Å². The van der Waals surface area contributed by atoms with Crippen molar-refractivity contribution in [1.82, 2.24) is 21.3 Å². The van der Waals surface area contributed by atoms with Gasteiger partial charge in [0.2, 0.25) is 0 Å². The lowest BCUT2D eigenvalue weighted by molar-refractivity contribution is -0.139. The summed E-state index contributed by atoms with van der Waals surface area (Å²) in [5.41, 5.74) is 10.8. The summed E-state index contributed by atoms with van der Waals surface area (Å²) in [4.78, 5) is 107. The van der Waals surface area contributed by atoms with E-state index in [9.17, 15) is 38.4 Å². The van der Waals surface area contributed by atoms with Gasteiger partial charge in [-0.3, -0.25) is 0 Å². The summed E-state index contributed by atoms with van der Waals surface area (Å²) >= 11 is 0. The van der Waals surface area contributed by atoms with Gasteiger partial charge in [-0.1, -0.05) is 48.5 Å². The average Bonchev–Trinajstić information content (AvgIpc) is 0.787. The van der Waals surface area contributed by atoms with Crippen molar-refractivity contribution in [3.63, 3.8) is 0 Å². The summed E-state index contributed by atoms with van der Waals surface area (Å²) in [6, 6.07) is 31.7. The Labute approximate surface area is 590 Å². The molecule has 9 rings (SSSR count). The Balaban J connectivity index is 1.12. The van der Waals surface area contributed by atoms with Crippen molar-refractivity contribution in [2.24, 2.45) is 0 Å². The highest BCUT2D eigenvalue weighted by molar-refractivity contribution is 6.03. The van der Waals surface area contributed by atoms with E-state index in [0.29, 0.717) is 113 Å². The Morgan fingerprint density at radius 3 is 0.510 bits per heavy atom. The van der Waals surface area contributed by atoms with Gasteiger partial charge in [-0.25, -0.2) is 38.4 Å². The molecule has 4 heterocycles. The third-order valence-corrected chi connectivity index (χ3v) is 18.2. The summed E-state index contributed by atoms with van der Waals surface area (Å²) in [5, 5.41) is 12.5. The highest BCUT2D eigenvalue weighted by atomic mass is 16.6. The number of hydrogen-bond acceptors (Lipinski definition) is 24. The van der Waals surface area contributed by atoms with Crippen molar-refractivity contribution < 1.29 is 95.2 Å². The normalized spacial score (nSPS) is 15.4. The smallest absolute Gasteiger partial charge is 0.336 e. The zero-order chi connectivity index (χ0) is 74.0. The van der Waals surface area contributed by atoms with Crippen LogP contribution < -0.4 is 40.2 Å². The first-order valence-electron chi connectivity index (χ1n) is 32.3. The molecule has 5 aromatic carbocycles. The second-order valence-corrected chi connectivity index (χ2v) is 24.3. The summed E-state index contributed by atoms with van der Waals surface area (Å²) in [6.45, 7) is 13.6. The van der Waals surface area contributed by atoms with E-state index < -0.39 is 71.4 Å². The van der Waals surface area contributed by atoms with E-state index in [2.05, 4.69) is 21.3 Å². The fraction of sp³-hybridized carbons (Fsp3) is 0.308. The van der Waals surface area contributed by atoms with E-state index in [1.807, 2.05) is 12.1 Å². The van der Waals surface area contributed by atoms with Gasteiger partial charge in [0, 0.05) is 45.6 Å². The number of methoxy groups -OCH3 is 8. The van der Waals surface area contributed by atoms with Crippen LogP contribution in [0.25, 0.3) is 0 Å². The molecular formula is C78H82N4O20. The van der Waals surface area contributed by atoms with Gasteiger partial charge < -0.3 is 78.1 Å². The van der Waals surface area contributed by atoms with E-state index in [1.165, 1.54) is 56.9 Å². The average molecular weight is 1400 g/mol. The van der Waals surface area contributed by atoms with Crippen LogP contribution in [0.4, 0.5) is 0 Å². The highest BCUT2D eigenvalue weighted by Crippen LogP contribution is 2.45. The van der Waals surface area contributed by atoms with Crippen molar-refractivity contribution in [3.05, 3.63) is 244 Å². The van der Waals surface area contributed by atoms with Gasteiger partial charge in [0.15, 0.2) is 0 Å². The van der Waals surface area contributed by atoms with Crippen molar-refractivity contribution in [1.29, 1.82) is 0 Å². The lowest BCUT2D eigenvalue weighted by atomic mass is 9.80. The van der Waals surface area contributed by atoms with Crippen LogP contribution in [0.15, 0.2) is 199 Å². The van der Waals surface area contributed by atoms with Crippen molar-refractivity contribution in [2.45, 2.75) is 105 Å². The molecule has 0 radical (unpaired) electrons. The molecule has 24 heteroatoms. The van der Waals surface area contributed by atoms with Crippen LogP contribution in [-0.4, -0.2) is 105 Å². The second kappa shape index (κ2) is 32.5. The number of rotatable bonds is 24. The van der Waals surface area contributed by atoms with Gasteiger partial charge >= 0.3 is 47.8 Å². The fourth-order valence-electron chi connectivity index (χ4n) is 13.4. The van der Waals surface area contributed by atoms with Gasteiger partial charge in [-0.2, -0.15) is 0 Å². The molecule has 4 N–H and O–H groups in total. The van der Waals surface area contributed by atoms with Gasteiger partial charge in [0.05, 0.1) is 125 Å². The Bertz CT molecular complexity index is 3740. The summed E-state index contributed by atoms with van der Waals surface area (Å²) in [6.07, 6.45) is 0. The number of ether oxygens (including phenoxy) is 12. The molecule has 534 valence electrons. The molecule has 0 aromatic heterocycles. The van der Waals surface area contributed by atoms with E-state index in [-0.39, 0.29) is 71.0 Å². The van der Waals surface area contributed by atoms with E-state index in [4.69, 9.17) is 56.8 Å². The number of hydrogen-bond donors (Lipinski definition) is 4. The molecule has 4 aliphatic rings. The highest BCUT2D eigenvalue weighted by Gasteiger charge is 2.42. The number of dihydropyridines is 4. The fourth-order valence-corrected chi connectivity index (χ4v) is 13.4. The molecule has 0 saturated heterocycles. The number of allylic oxidation sites excluding steroid dienone is 8. The zero-order valence-electron chi connectivity index (χ0n) is 59.7. The molecule has 0 unspecified atom stereocenters. The molecule has 0 spiro atoms. The Morgan fingerprint density at radius 2 is 0.382 bits per heavy atom. The quantitative estimate of drug-likeness (QED) is 0.0330. The molecule has 0 aliphatic carbocycles. The van der Waals surface area contributed by atoms with E-state index >= 15 is 0 Å². The number of carbonyl (C=O) groups is 8. The molecule has 0 saturated carbocycles. The maximum Gasteiger partial charge on any atom is 0.336 e. The molecule has 4 aliphatic heterocycles. The summed E-state index contributed by atoms with van der Waals surface area (Å²) in [5.74, 6) is -6.78. The first-order valence-corrected chi connectivity index (χ1v) is 32.3. The minimum atomic E-state index is -0.854. The first-order chi connectivity index (χ1) is 48.9. The van der Waals surface area contributed by atoms with E-state index in [0.717, 1.165) is 0 Å². The third-order valence-electron chi connectivity index (χ3n) is 18.2. The number of nitrogens with one attached hydrogen (secondary N) is 4. The van der Waals surface area contributed by atoms with Crippen LogP contribution in [0.2, 0.25) is 0 Å². The molecule has 0 atom stereocenters. The predicted octanol–water partition coefficient (Wildman–Crippen LogP) is 10.3. The van der Waals surface area contributed by atoms with Crippen LogP contribution in [0.1, 0.15) is 124 Å². The maximum atomic E-state index is 13.4. The predicted molar refractivity (Wildman–Crippen MR) is 371 cm³/mol. The third kappa shape index (κ3) is 15.5. The lowest BCUT2D eigenvalue weighted by Gasteiger charge is -2.30. The Hall–Kier alpha value is -11.8. The van der Waals surface area contributed by atoms with Crippen molar-refractivity contribution in [2.75, 3.05) is 56.9 Å². The SMILES string of the molecule is COC(=O)C1=C(C)NC(C)=C(C(=O)OC)C1c1ccc(OCc2cc(COc3ccc(C4C(C(=O)OC)=C(C)NC(C)=C4C(=O)OC)cc3)c(COc3ccc(C4C(C(=O)OC)=C(C)NC(C)=C4C(=O)OC)cc3)cc2COc2ccc(C3C(C(=O)OC)=C(C)NC(C)=C3C(=O)OC)cc2)cc1. The minimum Gasteiger partial charge on any atom is -0.489 e. The first kappa shape index (κ1) is 74.4. The second-order valence-electron chi connectivity index (χ2n) is 24.3. The van der Waals surface area contributed by atoms with Crippen LogP contribution in [-0.2, 0) is 103 Å². The minimum absolute atomic E-state index is 0.0476.